The Hall–Kier alpha value is -1.04. The molecule has 0 bridgehead atoms. The van der Waals surface area contributed by atoms with Crippen molar-refractivity contribution in [2.24, 2.45) is 0 Å². The topological polar surface area (TPSA) is 37.8 Å². The molecule has 0 aliphatic rings. The number of hydrogen-bond donors (Lipinski definition) is 1. The summed E-state index contributed by atoms with van der Waals surface area (Å²) in [7, 11) is 1.44. The SMILES string of the molecule is CNc1cc(C(F)(F)F)nc(Cl)n1. The van der Waals surface area contributed by atoms with Crippen LogP contribution in [0.2, 0.25) is 5.28 Å². The number of anilines is 1. The summed E-state index contributed by atoms with van der Waals surface area (Å²) < 4.78 is 36.3. The third-order valence-electron chi connectivity index (χ3n) is 1.25. The summed E-state index contributed by atoms with van der Waals surface area (Å²) in [5.41, 5.74) is -1.06. The Morgan fingerprint density at radius 2 is 2.00 bits per heavy atom. The highest BCUT2D eigenvalue weighted by atomic mass is 35.5. The van der Waals surface area contributed by atoms with Crippen LogP contribution in [0.15, 0.2) is 6.07 Å². The molecule has 1 N–H and O–H groups in total. The summed E-state index contributed by atoms with van der Waals surface area (Å²) in [6.07, 6.45) is -4.50. The van der Waals surface area contributed by atoms with E-state index >= 15 is 0 Å². The monoisotopic (exact) mass is 211 g/mol. The van der Waals surface area contributed by atoms with Crippen LogP contribution in [-0.4, -0.2) is 17.0 Å². The van der Waals surface area contributed by atoms with Gasteiger partial charge in [0, 0.05) is 13.1 Å². The summed E-state index contributed by atoms with van der Waals surface area (Å²) in [6.45, 7) is 0. The summed E-state index contributed by atoms with van der Waals surface area (Å²) in [6, 6.07) is 0.784. The van der Waals surface area contributed by atoms with E-state index in [0.717, 1.165) is 6.07 Å². The Balaban J connectivity index is 3.16. The lowest BCUT2D eigenvalue weighted by Gasteiger charge is -2.07. The van der Waals surface area contributed by atoms with E-state index in [9.17, 15) is 13.2 Å². The van der Waals surface area contributed by atoms with Crippen LogP contribution in [0, 0.1) is 0 Å². The minimum atomic E-state index is -4.50. The van der Waals surface area contributed by atoms with Crippen LogP contribution in [0.5, 0.6) is 0 Å². The van der Waals surface area contributed by atoms with Crippen molar-refractivity contribution in [3.8, 4) is 0 Å². The second-order valence-electron chi connectivity index (χ2n) is 2.16. The molecule has 0 saturated carbocycles. The Bertz CT molecular complexity index is 312. The lowest BCUT2D eigenvalue weighted by atomic mass is 10.4. The van der Waals surface area contributed by atoms with E-state index in [1.165, 1.54) is 7.05 Å². The van der Waals surface area contributed by atoms with Gasteiger partial charge in [0.15, 0.2) is 5.69 Å². The van der Waals surface area contributed by atoms with Crippen molar-refractivity contribution < 1.29 is 13.2 Å². The molecule has 0 fully saturated rings. The average Bonchev–Trinajstić information content (AvgIpc) is 2.01. The minimum absolute atomic E-state index is 0.0346. The van der Waals surface area contributed by atoms with E-state index < -0.39 is 17.2 Å². The predicted molar refractivity (Wildman–Crippen MR) is 41.6 cm³/mol. The van der Waals surface area contributed by atoms with E-state index in [-0.39, 0.29) is 5.82 Å². The molecule has 1 heterocycles. The van der Waals surface area contributed by atoms with Gasteiger partial charge in [-0.3, -0.25) is 0 Å². The molecule has 13 heavy (non-hydrogen) atoms. The first kappa shape index (κ1) is 10.0. The number of rotatable bonds is 1. The fourth-order valence-corrected chi connectivity index (χ4v) is 0.873. The third kappa shape index (κ3) is 2.45. The zero-order valence-corrected chi connectivity index (χ0v) is 7.24. The van der Waals surface area contributed by atoms with Gasteiger partial charge in [-0.2, -0.15) is 13.2 Å². The molecular formula is C6H5ClF3N3. The van der Waals surface area contributed by atoms with E-state index in [4.69, 9.17) is 11.6 Å². The molecule has 0 aliphatic carbocycles. The Morgan fingerprint density at radius 3 is 2.46 bits per heavy atom. The second-order valence-corrected chi connectivity index (χ2v) is 2.49. The highest BCUT2D eigenvalue weighted by Crippen LogP contribution is 2.29. The van der Waals surface area contributed by atoms with E-state index in [0.29, 0.717) is 0 Å². The number of nitrogens with one attached hydrogen (secondary N) is 1. The Morgan fingerprint density at radius 1 is 1.38 bits per heavy atom. The van der Waals surface area contributed by atoms with Crippen LogP contribution < -0.4 is 5.32 Å². The van der Waals surface area contributed by atoms with Gasteiger partial charge in [-0.1, -0.05) is 0 Å². The van der Waals surface area contributed by atoms with Gasteiger partial charge in [0.25, 0.3) is 0 Å². The van der Waals surface area contributed by atoms with Gasteiger partial charge in [-0.25, -0.2) is 9.97 Å². The van der Waals surface area contributed by atoms with Crippen LogP contribution in [0.25, 0.3) is 0 Å². The zero-order chi connectivity index (χ0) is 10.1. The van der Waals surface area contributed by atoms with Crippen LogP contribution >= 0.6 is 11.6 Å². The van der Waals surface area contributed by atoms with E-state index in [1.807, 2.05) is 0 Å². The molecule has 3 nitrogen and oxygen atoms in total. The largest absolute Gasteiger partial charge is 0.433 e. The summed E-state index contributed by atoms with van der Waals surface area (Å²) >= 11 is 5.27. The summed E-state index contributed by atoms with van der Waals surface area (Å²) in [4.78, 5) is 6.55. The van der Waals surface area contributed by atoms with Crippen molar-refractivity contribution >= 4 is 17.4 Å². The van der Waals surface area contributed by atoms with Crippen molar-refractivity contribution in [3.63, 3.8) is 0 Å². The maximum Gasteiger partial charge on any atom is 0.433 e. The first-order valence-electron chi connectivity index (χ1n) is 3.23. The average molecular weight is 212 g/mol. The molecule has 0 atom stereocenters. The van der Waals surface area contributed by atoms with Crippen molar-refractivity contribution in [3.05, 3.63) is 17.0 Å². The van der Waals surface area contributed by atoms with Crippen LogP contribution in [-0.2, 0) is 6.18 Å². The quantitative estimate of drug-likeness (QED) is 0.724. The first-order chi connectivity index (χ1) is 5.93. The second kappa shape index (κ2) is 3.37. The molecule has 72 valence electrons. The number of hydrogen-bond acceptors (Lipinski definition) is 3. The van der Waals surface area contributed by atoms with Gasteiger partial charge in [0.2, 0.25) is 5.28 Å². The minimum Gasteiger partial charge on any atom is -0.373 e. The maximum absolute atomic E-state index is 12.1. The Kier molecular flexibility index (Phi) is 2.60. The highest BCUT2D eigenvalue weighted by Gasteiger charge is 2.33. The number of halogens is 4. The number of aromatic nitrogens is 2. The lowest BCUT2D eigenvalue weighted by molar-refractivity contribution is -0.141. The normalized spacial score (nSPS) is 11.5. The molecule has 0 spiro atoms. The Labute approximate surface area is 77.0 Å². The van der Waals surface area contributed by atoms with E-state index in [1.54, 1.807) is 0 Å². The first-order valence-corrected chi connectivity index (χ1v) is 3.61. The third-order valence-corrected chi connectivity index (χ3v) is 1.41. The van der Waals surface area contributed by atoms with Gasteiger partial charge in [0.05, 0.1) is 0 Å². The van der Waals surface area contributed by atoms with Crippen molar-refractivity contribution in [1.29, 1.82) is 0 Å². The molecule has 0 unspecified atom stereocenters. The molecule has 0 aromatic carbocycles. The van der Waals surface area contributed by atoms with Crippen LogP contribution in [0.1, 0.15) is 5.69 Å². The summed E-state index contributed by atoms with van der Waals surface area (Å²) in [5, 5.41) is 2.01. The standard InChI is InChI=1S/C6H5ClF3N3/c1-11-4-2-3(6(8,9)10)12-5(7)13-4/h2H,1H3,(H,11,12,13). The van der Waals surface area contributed by atoms with Crippen molar-refractivity contribution in [2.75, 3.05) is 12.4 Å². The molecule has 0 radical (unpaired) electrons. The van der Waals surface area contributed by atoms with Gasteiger partial charge in [-0.05, 0) is 11.6 Å². The maximum atomic E-state index is 12.1. The molecule has 0 aliphatic heterocycles. The van der Waals surface area contributed by atoms with Gasteiger partial charge in [-0.15, -0.1) is 0 Å². The van der Waals surface area contributed by atoms with Crippen LogP contribution in [0.4, 0.5) is 19.0 Å². The zero-order valence-electron chi connectivity index (χ0n) is 6.48. The van der Waals surface area contributed by atoms with Gasteiger partial charge >= 0.3 is 6.18 Å². The number of nitrogens with zero attached hydrogens (tertiary/aromatic N) is 2. The molecule has 1 aromatic rings. The van der Waals surface area contributed by atoms with E-state index in [2.05, 4.69) is 15.3 Å². The molecule has 1 rings (SSSR count). The van der Waals surface area contributed by atoms with Gasteiger partial charge in [0.1, 0.15) is 5.82 Å². The lowest BCUT2D eigenvalue weighted by Crippen LogP contribution is -2.09. The summed E-state index contributed by atoms with van der Waals surface area (Å²) in [5.74, 6) is 0.0346. The van der Waals surface area contributed by atoms with Gasteiger partial charge < -0.3 is 5.32 Å². The fourth-order valence-electron chi connectivity index (χ4n) is 0.691. The van der Waals surface area contributed by atoms with Crippen LogP contribution in [0.3, 0.4) is 0 Å². The molecule has 0 amide bonds. The molecular weight excluding hydrogens is 207 g/mol. The smallest absolute Gasteiger partial charge is 0.373 e. The molecule has 0 saturated heterocycles. The predicted octanol–water partition coefficient (Wildman–Crippen LogP) is 2.19. The fraction of sp³-hybridized carbons (Fsp3) is 0.333. The highest BCUT2D eigenvalue weighted by molar-refractivity contribution is 6.28. The number of alkyl halides is 3. The molecule has 1 aromatic heterocycles. The van der Waals surface area contributed by atoms with Crippen molar-refractivity contribution in [2.45, 2.75) is 6.18 Å². The van der Waals surface area contributed by atoms with Crippen molar-refractivity contribution in [1.82, 2.24) is 9.97 Å². The molecule has 7 heteroatoms.